The van der Waals surface area contributed by atoms with Gasteiger partial charge in [0.1, 0.15) is 0 Å². The molecule has 0 aliphatic carbocycles. The minimum Gasteiger partial charge on any atom is -0.320 e. The van der Waals surface area contributed by atoms with Crippen LogP contribution in [0.15, 0.2) is 12.1 Å². The van der Waals surface area contributed by atoms with Gasteiger partial charge >= 0.3 is 5.00 Å². The van der Waals surface area contributed by atoms with Gasteiger partial charge in [0.25, 0.3) is 0 Å². The quantitative estimate of drug-likeness (QED) is 0.450. The highest BCUT2D eigenvalue weighted by Crippen LogP contribution is 2.24. The SMILES string of the molecule is CNCCCN(C)Cc1ccc([N+](=O)[O-])s1. The third-order valence-corrected chi connectivity index (χ3v) is 3.24. The summed E-state index contributed by atoms with van der Waals surface area (Å²) in [6.45, 7) is 2.77. The van der Waals surface area contributed by atoms with Crippen LogP contribution in [0.25, 0.3) is 0 Å². The highest BCUT2D eigenvalue weighted by Gasteiger charge is 2.10. The molecule has 0 spiro atoms. The van der Waals surface area contributed by atoms with Gasteiger partial charge in [0.05, 0.1) is 4.92 Å². The lowest BCUT2D eigenvalue weighted by Crippen LogP contribution is -2.21. The third kappa shape index (κ3) is 4.26. The number of rotatable bonds is 7. The van der Waals surface area contributed by atoms with Crippen LogP contribution in [0, 0.1) is 10.1 Å². The Morgan fingerprint density at radius 3 is 2.88 bits per heavy atom. The summed E-state index contributed by atoms with van der Waals surface area (Å²) >= 11 is 1.25. The molecule has 0 radical (unpaired) electrons. The van der Waals surface area contributed by atoms with Gasteiger partial charge in [-0.2, -0.15) is 0 Å². The Morgan fingerprint density at radius 2 is 2.31 bits per heavy atom. The maximum Gasteiger partial charge on any atom is 0.324 e. The van der Waals surface area contributed by atoms with E-state index in [2.05, 4.69) is 10.2 Å². The zero-order chi connectivity index (χ0) is 12.0. The fraction of sp³-hybridized carbons (Fsp3) is 0.600. The zero-order valence-corrected chi connectivity index (χ0v) is 10.4. The van der Waals surface area contributed by atoms with Crippen LogP contribution in [0.4, 0.5) is 5.00 Å². The first kappa shape index (κ1) is 13.1. The normalized spacial score (nSPS) is 10.9. The number of nitrogens with one attached hydrogen (secondary N) is 1. The van der Waals surface area contributed by atoms with Crippen molar-refractivity contribution in [3.63, 3.8) is 0 Å². The summed E-state index contributed by atoms with van der Waals surface area (Å²) in [5, 5.41) is 13.8. The fourth-order valence-corrected chi connectivity index (χ4v) is 2.32. The van der Waals surface area contributed by atoms with Gasteiger partial charge in [-0.05, 0) is 39.7 Å². The average molecular weight is 243 g/mol. The first-order valence-electron chi connectivity index (χ1n) is 5.19. The lowest BCUT2D eigenvalue weighted by atomic mass is 10.3. The van der Waals surface area contributed by atoms with E-state index >= 15 is 0 Å². The van der Waals surface area contributed by atoms with E-state index in [1.54, 1.807) is 6.07 Å². The van der Waals surface area contributed by atoms with E-state index in [0.717, 1.165) is 30.9 Å². The van der Waals surface area contributed by atoms with Crippen molar-refractivity contribution in [1.29, 1.82) is 0 Å². The monoisotopic (exact) mass is 243 g/mol. The van der Waals surface area contributed by atoms with Gasteiger partial charge in [0.2, 0.25) is 0 Å². The summed E-state index contributed by atoms with van der Waals surface area (Å²) < 4.78 is 0. The average Bonchev–Trinajstić information content (AvgIpc) is 2.66. The second kappa shape index (κ2) is 6.57. The van der Waals surface area contributed by atoms with Crippen LogP contribution in [-0.4, -0.2) is 37.0 Å². The van der Waals surface area contributed by atoms with Crippen LogP contribution in [0.1, 0.15) is 11.3 Å². The Bertz CT molecular complexity index is 341. The predicted molar refractivity (Wildman–Crippen MR) is 65.9 cm³/mol. The van der Waals surface area contributed by atoms with Crippen LogP contribution in [0.5, 0.6) is 0 Å². The molecule has 1 heterocycles. The highest BCUT2D eigenvalue weighted by molar-refractivity contribution is 7.15. The van der Waals surface area contributed by atoms with Crippen LogP contribution >= 0.6 is 11.3 Å². The van der Waals surface area contributed by atoms with E-state index in [1.807, 2.05) is 20.2 Å². The van der Waals surface area contributed by atoms with E-state index in [1.165, 1.54) is 11.3 Å². The smallest absolute Gasteiger partial charge is 0.320 e. The molecule has 0 fully saturated rings. The van der Waals surface area contributed by atoms with Gasteiger partial charge in [-0.3, -0.25) is 10.1 Å². The van der Waals surface area contributed by atoms with Gasteiger partial charge in [0, 0.05) is 17.5 Å². The molecule has 0 saturated carbocycles. The van der Waals surface area contributed by atoms with E-state index in [4.69, 9.17) is 0 Å². The van der Waals surface area contributed by atoms with Crippen LogP contribution in [0.3, 0.4) is 0 Å². The van der Waals surface area contributed by atoms with Gasteiger partial charge in [-0.1, -0.05) is 11.3 Å². The van der Waals surface area contributed by atoms with E-state index < -0.39 is 0 Å². The topological polar surface area (TPSA) is 58.4 Å². The molecule has 0 aromatic carbocycles. The predicted octanol–water partition coefficient (Wildman–Crippen LogP) is 1.70. The molecule has 1 rings (SSSR count). The largest absolute Gasteiger partial charge is 0.324 e. The van der Waals surface area contributed by atoms with Crippen LogP contribution in [0.2, 0.25) is 0 Å². The van der Waals surface area contributed by atoms with Crippen molar-refractivity contribution in [2.75, 3.05) is 27.2 Å². The molecule has 16 heavy (non-hydrogen) atoms. The van der Waals surface area contributed by atoms with E-state index in [-0.39, 0.29) is 9.92 Å². The van der Waals surface area contributed by atoms with Gasteiger partial charge in [-0.25, -0.2) is 0 Å². The number of hydrogen-bond acceptors (Lipinski definition) is 5. The molecule has 90 valence electrons. The summed E-state index contributed by atoms with van der Waals surface area (Å²) in [5.74, 6) is 0. The van der Waals surface area contributed by atoms with Crippen molar-refractivity contribution in [3.05, 3.63) is 27.1 Å². The number of nitro groups is 1. The van der Waals surface area contributed by atoms with Crippen molar-refractivity contribution in [2.45, 2.75) is 13.0 Å². The molecule has 0 unspecified atom stereocenters. The molecule has 5 nitrogen and oxygen atoms in total. The second-order valence-corrected chi connectivity index (χ2v) is 4.84. The highest BCUT2D eigenvalue weighted by atomic mass is 32.1. The Balaban J connectivity index is 2.37. The second-order valence-electron chi connectivity index (χ2n) is 3.69. The number of nitrogens with zero attached hydrogens (tertiary/aromatic N) is 2. The minimum atomic E-state index is -0.338. The molecule has 1 aromatic heterocycles. The molecular formula is C10H17N3O2S. The molecule has 0 atom stereocenters. The Kier molecular flexibility index (Phi) is 5.37. The van der Waals surface area contributed by atoms with Crippen LogP contribution in [-0.2, 0) is 6.54 Å². The van der Waals surface area contributed by atoms with Crippen LogP contribution < -0.4 is 5.32 Å². The Morgan fingerprint density at radius 1 is 1.56 bits per heavy atom. The summed E-state index contributed by atoms with van der Waals surface area (Å²) in [4.78, 5) is 13.4. The van der Waals surface area contributed by atoms with Gasteiger partial charge < -0.3 is 10.2 Å². The zero-order valence-electron chi connectivity index (χ0n) is 9.60. The number of thiophene rings is 1. The fourth-order valence-electron chi connectivity index (χ4n) is 1.42. The summed E-state index contributed by atoms with van der Waals surface area (Å²) in [5.41, 5.74) is 0. The summed E-state index contributed by atoms with van der Waals surface area (Å²) in [6.07, 6.45) is 1.08. The minimum absolute atomic E-state index is 0.221. The Labute approximate surface area is 99.2 Å². The number of hydrogen-bond donors (Lipinski definition) is 1. The summed E-state index contributed by atoms with van der Waals surface area (Å²) in [6, 6.07) is 3.40. The molecule has 6 heteroatoms. The molecule has 0 bridgehead atoms. The first-order valence-corrected chi connectivity index (χ1v) is 6.01. The standard InChI is InChI=1S/C10H17N3O2S/c1-11-6-3-7-12(2)8-9-4-5-10(16-9)13(14)15/h4-5,11H,3,6-8H2,1-2H3. The van der Waals surface area contributed by atoms with E-state index in [0.29, 0.717) is 0 Å². The van der Waals surface area contributed by atoms with Crippen molar-refractivity contribution in [3.8, 4) is 0 Å². The lowest BCUT2D eigenvalue weighted by Gasteiger charge is -2.14. The molecule has 1 N–H and O–H groups in total. The molecule has 1 aromatic rings. The van der Waals surface area contributed by atoms with Gasteiger partial charge in [-0.15, -0.1) is 0 Å². The maximum absolute atomic E-state index is 10.5. The molecule has 0 aliphatic heterocycles. The van der Waals surface area contributed by atoms with E-state index in [9.17, 15) is 10.1 Å². The molecule has 0 saturated heterocycles. The third-order valence-electron chi connectivity index (χ3n) is 2.22. The maximum atomic E-state index is 10.5. The van der Waals surface area contributed by atoms with Crippen molar-refractivity contribution in [1.82, 2.24) is 10.2 Å². The summed E-state index contributed by atoms with van der Waals surface area (Å²) in [7, 11) is 3.96. The molecule has 0 aliphatic rings. The first-order chi connectivity index (χ1) is 7.63. The van der Waals surface area contributed by atoms with Gasteiger partial charge in [0.15, 0.2) is 0 Å². The molecule has 0 amide bonds. The van der Waals surface area contributed by atoms with Crippen molar-refractivity contribution >= 4 is 16.3 Å². The lowest BCUT2D eigenvalue weighted by molar-refractivity contribution is -0.380. The van der Waals surface area contributed by atoms with Crippen molar-refractivity contribution in [2.24, 2.45) is 0 Å². The Hall–Kier alpha value is -0.980. The van der Waals surface area contributed by atoms with Crippen molar-refractivity contribution < 1.29 is 4.92 Å². The molecular weight excluding hydrogens is 226 g/mol.